The summed E-state index contributed by atoms with van der Waals surface area (Å²) in [6.07, 6.45) is 0. The molecule has 0 bridgehead atoms. The summed E-state index contributed by atoms with van der Waals surface area (Å²) in [5.74, 6) is -4.99. The number of nitrogens with one attached hydrogen (secondary N) is 1. The molecule has 2 aromatic carbocycles. The minimum atomic E-state index is -1.63. The summed E-state index contributed by atoms with van der Waals surface area (Å²) >= 11 is 6.02. The Balaban J connectivity index is 2.09. The van der Waals surface area contributed by atoms with E-state index in [-0.39, 0.29) is 0 Å². The van der Waals surface area contributed by atoms with Gasteiger partial charge in [0.2, 0.25) is 0 Å². The third-order valence-corrected chi connectivity index (χ3v) is 4.33. The van der Waals surface area contributed by atoms with E-state index in [1.807, 2.05) is 6.92 Å². The van der Waals surface area contributed by atoms with Crippen molar-refractivity contribution < 1.29 is 18.0 Å². The van der Waals surface area contributed by atoms with Crippen molar-refractivity contribution in [3.63, 3.8) is 0 Å². The van der Waals surface area contributed by atoms with Crippen LogP contribution in [0, 0.1) is 24.4 Å². The summed E-state index contributed by atoms with van der Waals surface area (Å²) in [6.45, 7) is 4.11. The number of carbonyl (C=O) groups excluding carboxylic acids is 1. The second-order valence-corrected chi connectivity index (χ2v) is 5.99. The largest absolute Gasteiger partial charge is 0.337 e. The second-order valence-electron chi connectivity index (χ2n) is 5.56. The molecule has 0 atom stereocenters. The quantitative estimate of drug-likeness (QED) is 0.628. The van der Waals surface area contributed by atoms with Gasteiger partial charge in [0.05, 0.1) is 5.69 Å². The molecule has 25 heavy (non-hydrogen) atoms. The molecule has 0 radical (unpaired) electrons. The summed E-state index contributed by atoms with van der Waals surface area (Å²) in [5.41, 5.74) is 1.36. The lowest BCUT2D eigenvalue weighted by atomic mass is 10.1. The third kappa shape index (κ3) is 2.87. The fourth-order valence-electron chi connectivity index (χ4n) is 2.92. The highest BCUT2D eigenvalue weighted by molar-refractivity contribution is 6.31. The van der Waals surface area contributed by atoms with Crippen molar-refractivity contribution in [2.45, 2.75) is 20.4 Å². The zero-order valence-electron chi connectivity index (χ0n) is 13.5. The van der Waals surface area contributed by atoms with Crippen molar-refractivity contribution in [3.05, 3.63) is 64.1 Å². The Morgan fingerprint density at radius 1 is 1.16 bits per heavy atom. The van der Waals surface area contributed by atoms with Gasteiger partial charge in [0.25, 0.3) is 5.91 Å². The molecule has 0 unspecified atom stereocenters. The van der Waals surface area contributed by atoms with Crippen LogP contribution in [0.1, 0.15) is 23.0 Å². The van der Waals surface area contributed by atoms with Gasteiger partial charge in [0, 0.05) is 22.5 Å². The van der Waals surface area contributed by atoms with Gasteiger partial charge in [-0.1, -0.05) is 11.6 Å². The van der Waals surface area contributed by atoms with Crippen LogP contribution in [0.15, 0.2) is 30.3 Å². The first-order valence-corrected chi connectivity index (χ1v) is 7.96. The molecular weight excluding hydrogens is 353 g/mol. The molecule has 3 rings (SSSR count). The lowest BCUT2D eigenvalue weighted by Gasteiger charge is -2.11. The minimum Gasteiger partial charge on any atom is -0.337 e. The molecule has 0 spiro atoms. The van der Waals surface area contributed by atoms with Gasteiger partial charge in [0.1, 0.15) is 5.69 Å². The Morgan fingerprint density at radius 2 is 1.88 bits per heavy atom. The van der Waals surface area contributed by atoms with Crippen LogP contribution in [0.5, 0.6) is 0 Å². The number of hydrogen-bond acceptors (Lipinski definition) is 1. The minimum absolute atomic E-state index is 0.309. The molecule has 7 heteroatoms. The average Bonchev–Trinajstić information content (AvgIpc) is 2.87. The average molecular weight is 367 g/mol. The predicted molar refractivity (Wildman–Crippen MR) is 91.6 cm³/mol. The zero-order valence-corrected chi connectivity index (χ0v) is 14.2. The third-order valence-electron chi connectivity index (χ3n) is 4.09. The smallest absolute Gasteiger partial charge is 0.272 e. The van der Waals surface area contributed by atoms with E-state index in [1.54, 1.807) is 29.7 Å². The van der Waals surface area contributed by atoms with Gasteiger partial charge in [-0.2, -0.15) is 0 Å². The number of hydrogen-bond donors (Lipinski definition) is 1. The second kappa shape index (κ2) is 6.44. The number of amides is 1. The van der Waals surface area contributed by atoms with Crippen LogP contribution in [0.2, 0.25) is 5.02 Å². The number of anilines is 1. The highest BCUT2D eigenvalue weighted by Gasteiger charge is 2.22. The standard InChI is InChI=1S/C18H14ClF3N2O/c1-3-24-14-7-4-10(19)8-11(14)9(2)17(24)18(25)23-13-6-5-12(20)15(21)16(13)22/h4-8H,3H2,1-2H3,(H,23,25). The van der Waals surface area contributed by atoms with E-state index in [2.05, 4.69) is 5.32 Å². The van der Waals surface area contributed by atoms with E-state index in [4.69, 9.17) is 11.6 Å². The van der Waals surface area contributed by atoms with E-state index < -0.39 is 29.0 Å². The normalized spacial score (nSPS) is 11.1. The van der Waals surface area contributed by atoms with Gasteiger partial charge in [-0.25, -0.2) is 13.2 Å². The number of aromatic nitrogens is 1. The maximum absolute atomic E-state index is 13.8. The number of aryl methyl sites for hydroxylation is 2. The molecule has 1 aromatic heterocycles. The zero-order chi connectivity index (χ0) is 18.3. The molecule has 0 saturated heterocycles. The number of benzene rings is 2. The maximum Gasteiger partial charge on any atom is 0.272 e. The summed E-state index contributed by atoms with van der Waals surface area (Å²) in [4.78, 5) is 12.7. The van der Waals surface area contributed by atoms with Crippen LogP contribution in [0.25, 0.3) is 10.9 Å². The van der Waals surface area contributed by atoms with Crippen molar-refractivity contribution in [1.29, 1.82) is 0 Å². The van der Waals surface area contributed by atoms with E-state index in [1.165, 1.54) is 0 Å². The molecule has 1 N–H and O–H groups in total. The van der Waals surface area contributed by atoms with Crippen molar-refractivity contribution >= 4 is 34.1 Å². The Morgan fingerprint density at radius 3 is 2.56 bits per heavy atom. The van der Waals surface area contributed by atoms with Crippen molar-refractivity contribution in [1.82, 2.24) is 4.57 Å². The van der Waals surface area contributed by atoms with Crippen LogP contribution in [-0.2, 0) is 6.54 Å². The van der Waals surface area contributed by atoms with Crippen molar-refractivity contribution in [2.24, 2.45) is 0 Å². The van der Waals surface area contributed by atoms with Gasteiger partial charge in [-0.3, -0.25) is 4.79 Å². The van der Waals surface area contributed by atoms with Gasteiger partial charge < -0.3 is 9.88 Å². The number of rotatable bonds is 3. The van der Waals surface area contributed by atoms with Gasteiger partial charge >= 0.3 is 0 Å². The molecule has 0 aliphatic carbocycles. The van der Waals surface area contributed by atoms with E-state index in [9.17, 15) is 18.0 Å². The molecule has 3 nitrogen and oxygen atoms in total. The first kappa shape index (κ1) is 17.4. The Hall–Kier alpha value is -2.47. The first-order chi connectivity index (χ1) is 11.8. The summed E-state index contributed by atoms with van der Waals surface area (Å²) in [7, 11) is 0. The molecule has 130 valence electrons. The van der Waals surface area contributed by atoms with Crippen LogP contribution < -0.4 is 5.32 Å². The molecule has 1 amide bonds. The summed E-state index contributed by atoms with van der Waals surface area (Å²) < 4.78 is 42.0. The van der Waals surface area contributed by atoms with Gasteiger partial charge in [-0.05, 0) is 49.7 Å². The lowest BCUT2D eigenvalue weighted by molar-refractivity contribution is 0.101. The highest BCUT2D eigenvalue weighted by Crippen LogP contribution is 2.29. The van der Waals surface area contributed by atoms with Crippen molar-refractivity contribution in [2.75, 3.05) is 5.32 Å². The fraction of sp³-hybridized carbons (Fsp3) is 0.167. The predicted octanol–water partition coefficient (Wildman–Crippen LogP) is 5.29. The molecule has 0 fully saturated rings. The Labute approximate surface area is 147 Å². The van der Waals surface area contributed by atoms with Crippen LogP contribution >= 0.6 is 11.6 Å². The van der Waals surface area contributed by atoms with Gasteiger partial charge in [0.15, 0.2) is 17.5 Å². The number of nitrogens with zero attached hydrogens (tertiary/aromatic N) is 1. The van der Waals surface area contributed by atoms with E-state index in [0.29, 0.717) is 22.8 Å². The summed E-state index contributed by atoms with van der Waals surface area (Å²) in [5, 5.41) is 3.64. The summed E-state index contributed by atoms with van der Waals surface area (Å²) in [6, 6.07) is 7.00. The molecular formula is C18H14ClF3N2O. The lowest BCUT2D eigenvalue weighted by Crippen LogP contribution is -2.19. The molecule has 1 heterocycles. The first-order valence-electron chi connectivity index (χ1n) is 7.58. The molecule has 3 aromatic rings. The fourth-order valence-corrected chi connectivity index (χ4v) is 3.09. The number of fused-ring (bicyclic) bond motifs is 1. The Bertz CT molecular complexity index is 998. The maximum atomic E-state index is 13.8. The van der Waals surface area contributed by atoms with E-state index >= 15 is 0 Å². The number of carbonyl (C=O) groups is 1. The molecule has 0 saturated carbocycles. The van der Waals surface area contributed by atoms with Crippen molar-refractivity contribution in [3.8, 4) is 0 Å². The van der Waals surface area contributed by atoms with Crippen LogP contribution in [0.4, 0.5) is 18.9 Å². The molecule has 0 aliphatic heterocycles. The monoisotopic (exact) mass is 366 g/mol. The Kier molecular flexibility index (Phi) is 4.47. The van der Waals surface area contributed by atoms with E-state index in [0.717, 1.165) is 23.0 Å². The highest BCUT2D eigenvalue weighted by atomic mass is 35.5. The topological polar surface area (TPSA) is 34.0 Å². The molecule has 0 aliphatic rings. The number of halogens is 4. The SMILES string of the molecule is CCn1c(C(=O)Nc2ccc(F)c(F)c2F)c(C)c2cc(Cl)ccc21. The van der Waals surface area contributed by atoms with Gasteiger partial charge in [-0.15, -0.1) is 0 Å². The van der Waals surface area contributed by atoms with Crippen LogP contribution in [-0.4, -0.2) is 10.5 Å². The van der Waals surface area contributed by atoms with Crippen LogP contribution in [0.3, 0.4) is 0 Å².